The first-order valence-electron chi connectivity index (χ1n) is 6.43. The maximum Gasteiger partial charge on any atom is 0.408 e. The van der Waals surface area contributed by atoms with Gasteiger partial charge in [-0.25, -0.2) is 9.59 Å². The Bertz CT molecular complexity index is 661. The fraction of sp³-hybridized carbons (Fsp3) is 0.385. The van der Waals surface area contributed by atoms with Crippen molar-refractivity contribution < 1.29 is 32.4 Å². The van der Waals surface area contributed by atoms with Gasteiger partial charge in [0.25, 0.3) is 10.1 Å². The summed E-state index contributed by atoms with van der Waals surface area (Å²) in [5, 5.41) is 17.9. The highest BCUT2D eigenvalue weighted by molar-refractivity contribution is 7.86. The molecule has 0 radical (unpaired) electrons. The molecule has 1 aromatic rings. The summed E-state index contributed by atoms with van der Waals surface area (Å²) in [7, 11) is -4.07. The lowest BCUT2D eigenvalue weighted by atomic mass is 10.2. The number of carbonyl (C=O) groups is 2. The molecule has 1 amide bonds. The van der Waals surface area contributed by atoms with Crippen LogP contribution in [0.25, 0.3) is 0 Å². The van der Waals surface area contributed by atoms with Gasteiger partial charge < -0.3 is 10.2 Å². The third kappa shape index (κ3) is 3.37. The Morgan fingerprint density at radius 2 is 1.82 bits per heavy atom. The minimum absolute atomic E-state index is 0.0567. The zero-order valence-corrected chi connectivity index (χ0v) is 12.5. The van der Waals surface area contributed by atoms with Crippen LogP contribution in [0.2, 0.25) is 0 Å². The normalized spacial score (nSPS) is 21.8. The van der Waals surface area contributed by atoms with Crippen molar-refractivity contribution in [1.82, 2.24) is 4.90 Å². The van der Waals surface area contributed by atoms with Crippen molar-refractivity contribution in [1.29, 1.82) is 0 Å². The predicted octanol–water partition coefficient (Wildman–Crippen LogP) is 0.906. The number of hydrogen-bond donors (Lipinski definition) is 2. The molecule has 9 heteroatoms. The third-order valence-corrected chi connectivity index (χ3v) is 4.74. The molecular formula is C13H15NO7S. The second-order valence-corrected chi connectivity index (χ2v) is 6.58. The average Bonchev–Trinajstić information content (AvgIpc) is 2.82. The van der Waals surface area contributed by atoms with Crippen LogP contribution in [0.1, 0.15) is 12.0 Å². The van der Waals surface area contributed by atoms with Crippen molar-refractivity contribution in [3.63, 3.8) is 0 Å². The minimum Gasteiger partial charge on any atom is -0.480 e. The Morgan fingerprint density at radius 1 is 1.23 bits per heavy atom. The predicted molar refractivity (Wildman–Crippen MR) is 74.0 cm³/mol. The maximum absolute atomic E-state index is 12.1. The summed E-state index contributed by atoms with van der Waals surface area (Å²) in [6.45, 7) is 1.49. The zero-order chi connectivity index (χ0) is 16.5. The molecule has 120 valence electrons. The Morgan fingerprint density at radius 3 is 2.27 bits per heavy atom. The molecule has 0 aromatic heterocycles. The molecule has 0 aliphatic carbocycles. The molecule has 1 saturated heterocycles. The van der Waals surface area contributed by atoms with Gasteiger partial charge in [0.05, 0.1) is 17.5 Å². The summed E-state index contributed by atoms with van der Waals surface area (Å²) in [6, 6.07) is 4.66. The first-order valence-corrected chi connectivity index (χ1v) is 7.84. The van der Waals surface area contributed by atoms with E-state index in [-0.39, 0.29) is 17.9 Å². The highest BCUT2D eigenvalue weighted by Crippen LogP contribution is 2.24. The molecule has 2 atom stereocenters. The first kappa shape index (κ1) is 16.2. The van der Waals surface area contributed by atoms with E-state index in [1.165, 1.54) is 12.1 Å². The van der Waals surface area contributed by atoms with Crippen molar-refractivity contribution in [3.05, 3.63) is 29.8 Å². The molecule has 1 fully saturated rings. The summed E-state index contributed by atoms with van der Waals surface area (Å²) in [6.07, 6.45) is -2.66. The van der Waals surface area contributed by atoms with Crippen LogP contribution in [0.4, 0.5) is 4.79 Å². The lowest BCUT2D eigenvalue weighted by Crippen LogP contribution is -2.39. The van der Waals surface area contributed by atoms with Crippen LogP contribution in [0.3, 0.4) is 0 Å². The summed E-state index contributed by atoms with van der Waals surface area (Å²) < 4.78 is 29.2. The number of aryl methyl sites for hydroxylation is 1. The van der Waals surface area contributed by atoms with Gasteiger partial charge in [0.15, 0.2) is 0 Å². The fourth-order valence-electron chi connectivity index (χ4n) is 2.25. The number of carboxylic acids is 1. The highest BCUT2D eigenvalue weighted by atomic mass is 32.2. The van der Waals surface area contributed by atoms with Crippen molar-refractivity contribution in [2.45, 2.75) is 30.4 Å². The van der Waals surface area contributed by atoms with Gasteiger partial charge in [-0.3, -0.25) is 9.08 Å². The van der Waals surface area contributed by atoms with Crippen LogP contribution in [-0.2, 0) is 19.1 Å². The van der Waals surface area contributed by atoms with Gasteiger partial charge in [-0.2, -0.15) is 8.42 Å². The van der Waals surface area contributed by atoms with Crippen molar-refractivity contribution in [3.8, 4) is 0 Å². The summed E-state index contributed by atoms with van der Waals surface area (Å²) in [4.78, 5) is 22.6. The molecule has 22 heavy (non-hydrogen) atoms. The van der Waals surface area contributed by atoms with E-state index in [9.17, 15) is 18.0 Å². The van der Waals surface area contributed by atoms with Crippen LogP contribution < -0.4 is 0 Å². The Balaban J connectivity index is 2.15. The zero-order valence-electron chi connectivity index (χ0n) is 11.7. The number of rotatable bonds is 4. The highest BCUT2D eigenvalue weighted by Gasteiger charge is 2.42. The van der Waals surface area contributed by atoms with Crippen LogP contribution in [-0.4, -0.2) is 54.3 Å². The molecule has 1 heterocycles. The molecule has 2 rings (SSSR count). The quantitative estimate of drug-likeness (QED) is 0.787. The fourth-order valence-corrected chi connectivity index (χ4v) is 3.33. The monoisotopic (exact) mass is 329 g/mol. The molecular weight excluding hydrogens is 314 g/mol. The average molecular weight is 329 g/mol. The van der Waals surface area contributed by atoms with Crippen LogP contribution in [0.5, 0.6) is 0 Å². The van der Waals surface area contributed by atoms with Crippen LogP contribution in [0, 0.1) is 6.92 Å². The molecule has 0 spiro atoms. The molecule has 0 unspecified atom stereocenters. The van der Waals surface area contributed by atoms with Crippen LogP contribution >= 0.6 is 0 Å². The molecule has 8 nitrogen and oxygen atoms in total. The molecule has 2 N–H and O–H groups in total. The largest absolute Gasteiger partial charge is 0.480 e. The van der Waals surface area contributed by atoms with Gasteiger partial charge in [0.1, 0.15) is 6.04 Å². The third-order valence-electron chi connectivity index (χ3n) is 3.37. The Kier molecular flexibility index (Phi) is 4.38. The van der Waals surface area contributed by atoms with E-state index in [0.717, 1.165) is 5.56 Å². The molecule has 1 aliphatic rings. The van der Waals surface area contributed by atoms with E-state index < -0.39 is 34.3 Å². The van der Waals surface area contributed by atoms with Crippen molar-refractivity contribution in [2.24, 2.45) is 0 Å². The molecule has 0 saturated carbocycles. The van der Waals surface area contributed by atoms with E-state index >= 15 is 0 Å². The van der Waals surface area contributed by atoms with Gasteiger partial charge in [0.2, 0.25) is 0 Å². The van der Waals surface area contributed by atoms with E-state index in [0.29, 0.717) is 4.90 Å². The second-order valence-electron chi connectivity index (χ2n) is 5.01. The van der Waals surface area contributed by atoms with Gasteiger partial charge in [-0.1, -0.05) is 17.7 Å². The number of nitrogens with zero attached hydrogens (tertiary/aromatic N) is 1. The van der Waals surface area contributed by atoms with E-state index in [4.69, 9.17) is 14.4 Å². The number of carboxylic acid groups (broad SMARTS) is 2. The number of hydrogen-bond acceptors (Lipinski definition) is 5. The van der Waals surface area contributed by atoms with Gasteiger partial charge in [0, 0.05) is 6.42 Å². The number of aliphatic carboxylic acids is 1. The van der Waals surface area contributed by atoms with Gasteiger partial charge >= 0.3 is 12.1 Å². The molecule has 1 aliphatic heterocycles. The van der Waals surface area contributed by atoms with Gasteiger partial charge in [-0.05, 0) is 19.1 Å². The standard InChI is InChI=1S/C13H15NO7S/c1-8-2-4-10(5-3-8)22(19,20)21-9-6-11(12(15)16)14(7-9)13(17)18/h2-5,9,11H,6-7H2,1H3,(H,15,16)(H,17,18)/t9-,11+/m1/s1. The Labute approximate surface area is 127 Å². The lowest BCUT2D eigenvalue weighted by Gasteiger charge is -2.16. The summed E-state index contributed by atoms with van der Waals surface area (Å²) in [5.41, 5.74) is 0.878. The molecule has 0 bridgehead atoms. The summed E-state index contributed by atoms with van der Waals surface area (Å²) >= 11 is 0. The van der Waals surface area contributed by atoms with Gasteiger partial charge in [-0.15, -0.1) is 0 Å². The van der Waals surface area contributed by atoms with Crippen molar-refractivity contribution >= 4 is 22.2 Å². The maximum atomic E-state index is 12.1. The Hall–Kier alpha value is -2.13. The smallest absolute Gasteiger partial charge is 0.408 e. The first-order chi connectivity index (χ1) is 10.2. The number of amides is 1. The van der Waals surface area contributed by atoms with Crippen molar-refractivity contribution in [2.75, 3.05) is 6.54 Å². The number of benzene rings is 1. The topological polar surface area (TPSA) is 121 Å². The lowest BCUT2D eigenvalue weighted by molar-refractivity contribution is -0.141. The summed E-state index contributed by atoms with van der Waals surface area (Å²) in [5.74, 6) is -1.33. The van der Waals surface area contributed by atoms with Crippen LogP contribution in [0.15, 0.2) is 29.2 Å². The van der Waals surface area contributed by atoms with E-state index in [1.807, 2.05) is 0 Å². The second kappa shape index (κ2) is 5.93. The molecule has 1 aromatic carbocycles. The van der Waals surface area contributed by atoms with E-state index in [1.54, 1.807) is 19.1 Å². The van der Waals surface area contributed by atoms with E-state index in [2.05, 4.69) is 0 Å². The minimum atomic E-state index is -4.07. The SMILES string of the molecule is Cc1ccc(S(=O)(=O)O[C@@H]2C[C@@H](C(=O)O)N(C(=O)O)C2)cc1. The number of likely N-dealkylation sites (tertiary alicyclic amines) is 1.